The largest absolute Gasteiger partial charge is 0.356 e. The summed E-state index contributed by atoms with van der Waals surface area (Å²) < 4.78 is 13.0. The molecule has 82 valence electrons. The molecule has 0 unspecified atom stereocenters. The van der Waals surface area contributed by atoms with Gasteiger partial charge >= 0.3 is 0 Å². The van der Waals surface area contributed by atoms with Gasteiger partial charge in [0.2, 0.25) is 0 Å². The van der Waals surface area contributed by atoms with Crippen molar-refractivity contribution in [3.05, 3.63) is 36.3 Å². The number of likely N-dealkylation sites (N-methyl/N-ethyl adjacent to an activating group) is 1. The molecule has 0 aliphatic carbocycles. The van der Waals surface area contributed by atoms with Crippen LogP contribution in [0.3, 0.4) is 0 Å². The van der Waals surface area contributed by atoms with Crippen molar-refractivity contribution in [3.8, 4) is 0 Å². The van der Waals surface area contributed by atoms with Gasteiger partial charge in [-0.15, -0.1) is 6.58 Å². The SMILES string of the molecule is C=CCN(C)c1ncc(F)cc1CNC. The van der Waals surface area contributed by atoms with Gasteiger partial charge in [0.05, 0.1) is 6.20 Å². The second-order valence-corrected chi connectivity index (χ2v) is 3.34. The Bertz CT molecular complexity index is 339. The summed E-state index contributed by atoms with van der Waals surface area (Å²) in [5.74, 6) is 0.474. The number of halogens is 1. The van der Waals surface area contributed by atoms with Crippen LogP contribution in [0.15, 0.2) is 24.9 Å². The van der Waals surface area contributed by atoms with Crippen molar-refractivity contribution in [2.75, 3.05) is 25.5 Å². The summed E-state index contributed by atoms with van der Waals surface area (Å²) in [7, 11) is 3.73. The molecule has 0 saturated carbocycles. The second-order valence-electron chi connectivity index (χ2n) is 3.34. The number of aromatic nitrogens is 1. The van der Waals surface area contributed by atoms with Crippen molar-refractivity contribution in [2.45, 2.75) is 6.54 Å². The second kappa shape index (κ2) is 5.46. The van der Waals surface area contributed by atoms with Gasteiger partial charge in [-0.05, 0) is 13.1 Å². The van der Waals surface area contributed by atoms with E-state index in [1.54, 1.807) is 6.08 Å². The highest BCUT2D eigenvalue weighted by Gasteiger charge is 2.08. The molecule has 0 fully saturated rings. The van der Waals surface area contributed by atoms with Crippen LogP contribution in [0.4, 0.5) is 10.2 Å². The molecule has 1 aromatic rings. The third-order valence-electron chi connectivity index (χ3n) is 2.04. The minimum absolute atomic E-state index is 0.309. The Hall–Kier alpha value is -1.42. The maximum absolute atomic E-state index is 13.0. The number of hydrogen-bond donors (Lipinski definition) is 1. The van der Waals surface area contributed by atoms with E-state index in [-0.39, 0.29) is 5.82 Å². The Morgan fingerprint density at radius 2 is 2.40 bits per heavy atom. The lowest BCUT2D eigenvalue weighted by Gasteiger charge is -2.19. The first-order valence-corrected chi connectivity index (χ1v) is 4.80. The molecule has 0 spiro atoms. The highest BCUT2D eigenvalue weighted by atomic mass is 19.1. The third kappa shape index (κ3) is 3.02. The van der Waals surface area contributed by atoms with Crippen LogP contribution in [0.5, 0.6) is 0 Å². The first-order valence-electron chi connectivity index (χ1n) is 4.80. The molecule has 0 bridgehead atoms. The van der Waals surface area contributed by atoms with E-state index in [0.717, 1.165) is 11.4 Å². The van der Waals surface area contributed by atoms with Gasteiger partial charge in [0, 0.05) is 25.7 Å². The molecule has 0 aliphatic rings. The lowest BCUT2D eigenvalue weighted by molar-refractivity contribution is 0.616. The molecule has 4 heteroatoms. The molecule has 15 heavy (non-hydrogen) atoms. The van der Waals surface area contributed by atoms with Gasteiger partial charge in [0.1, 0.15) is 11.6 Å². The zero-order valence-electron chi connectivity index (χ0n) is 9.13. The molecule has 1 N–H and O–H groups in total. The summed E-state index contributed by atoms with van der Waals surface area (Å²) in [6.45, 7) is 4.95. The van der Waals surface area contributed by atoms with Crippen molar-refractivity contribution in [2.24, 2.45) is 0 Å². The van der Waals surface area contributed by atoms with Gasteiger partial charge < -0.3 is 10.2 Å². The first-order chi connectivity index (χ1) is 7.19. The quantitative estimate of drug-likeness (QED) is 0.746. The summed E-state index contributed by atoms with van der Waals surface area (Å²) in [4.78, 5) is 6.01. The van der Waals surface area contributed by atoms with Crippen LogP contribution in [-0.4, -0.2) is 25.6 Å². The Balaban J connectivity index is 2.98. The predicted molar refractivity (Wildman–Crippen MR) is 60.4 cm³/mol. The van der Waals surface area contributed by atoms with Gasteiger partial charge in [-0.1, -0.05) is 6.08 Å². The Morgan fingerprint density at radius 1 is 1.67 bits per heavy atom. The number of hydrogen-bond acceptors (Lipinski definition) is 3. The summed E-state index contributed by atoms with van der Waals surface area (Å²) in [6, 6.07) is 1.50. The number of pyridine rings is 1. The predicted octanol–water partition coefficient (Wildman–Crippen LogP) is 1.56. The van der Waals surface area contributed by atoms with Crippen molar-refractivity contribution in [1.29, 1.82) is 0 Å². The minimum atomic E-state index is -0.309. The minimum Gasteiger partial charge on any atom is -0.356 e. The molecule has 0 aromatic carbocycles. The van der Waals surface area contributed by atoms with Gasteiger partial charge in [-0.2, -0.15) is 0 Å². The Labute approximate surface area is 89.6 Å². The van der Waals surface area contributed by atoms with Crippen LogP contribution in [-0.2, 0) is 6.54 Å². The van der Waals surface area contributed by atoms with E-state index in [4.69, 9.17) is 0 Å². The standard InChI is InChI=1S/C11H16FN3/c1-4-5-15(3)11-9(7-13-2)6-10(12)8-14-11/h4,6,8,13H,1,5,7H2,2-3H3. The zero-order valence-corrected chi connectivity index (χ0v) is 9.13. The highest BCUT2D eigenvalue weighted by Crippen LogP contribution is 2.16. The smallest absolute Gasteiger partial charge is 0.141 e. The van der Waals surface area contributed by atoms with Crippen molar-refractivity contribution in [3.63, 3.8) is 0 Å². The van der Waals surface area contributed by atoms with E-state index in [9.17, 15) is 4.39 Å². The average Bonchev–Trinajstić information content (AvgIpc) is 2.18. The average molecular weight is 209 g/mol. The zero-order chi connectivity index (χ0) is 11.3. The molecule has 1 heterocycles. The van der Waals surface area contributed by atoms with Gasteiger partial charge in [0.15, 0.2) is 0 Å². The van der Waals surface area contributed by atoms with Crippen molar-refractivity contribution < 1.29 is 4.39 Å². The van der Waals surface area contributed by atoms with Gasteiger partial charge in [-0.25, -0.2) is 9.37 Å². The fourth-order valence-corrected chi connectivity index (χ4v) is 1.42. The molecule has 0 atom stereocenters. The van der Waals surface area contributed by atoms with Crippen LogP contribution in [0, 0.1) is 5.82 Å². The van der Waals surface area contributed by atoms with Crippen molar-refractivity contribution >= 4 is 5.82 Å². The summed E-state index contributed by atoms with van der Waals surface area (Å²) >= 11 is 0. The molecule has 0 amide bonds. The number of nitrogens with one attached hydrogen (secondary N) is 1. The summed E-state index contributed by atoms with van der Waals surface area (Å²) in [5, 5.41) is 2.99. The van der Waals surface area contributed by atoms with Crippen LogP contribution in [0.1, 0.15) is 5.56 Å². The molecular formula is C11H16FN3. The lowest BCUT2D eigenvalue weighted by Crippen LogP contribution is -2.21. The first kappa shape index (κ1) is 11.7. The van der Waals surface area contributed by atoms with Crippen molar-refractivity contribution in [1.82, 2.24) is 10.3 Å². The molecular weight excluding hydrogens is 193 g/mol. The van der Waals surface area contributed by atoms with E-state index in [2.05, 4.69) is 16.9 Å². The Morgan fingerprint density at radius 3 is 3.00 bits per heavy atom. The van der Waals surface area contributed by atoms with E-state index in [1.807, 2.05) is 19.0 Å². The Kier molecular flexibility index (Phi) is 4.24. The maximum Gasteiger partial charge on any atom is 0.141 e. The number of anilines is 1. The lowest BCUT2D eigenvalue weighted by atomic mass is 10.2. The van der Waals surface area contributed by atoms with Gasteiger partial charge in [-0.3, -0.25) is 0 Å². The van der Waals surface area contributed by atoms with Crippen LogP contribution >= 0.6 is 0 Å². The monoisotopic (exact) mass is 209 g/mol. The van der Waals surface area contributed by atoms with E-state index in [0.29, 0.717) is 13.1 Å². The maximum atomic E-state index is 13.0. The van der Waals surface area contributed by atoms with Crippen LogP contribution in [0.25, 0.3) is 0 Å². The van der Waals surface area contributed by atoms with E-state index >= 15 is 0 Å². The summed E-state index contributed by atoms with van der Waals surface area (Å²) in [6.07, 6.45) is 3.02. The van der Waals surface area contributed by atoms with E-state index in [1.165, 1.54) is 12.3 Å². The fourth-order valence-electron chi connectivity index (χ4n) is 1.42. The number of rotatable bonds is 5. The third-order valence-corrected chi connectivity index (χ3v) is 2.04. The molecule has 0 aliphatic heterocycles. The topological polar surface area (TPSA) is 28.2 Å². The molecule has 1 aromatic heterocycles. The molecule has 0 radical (unpaired) electrons. The number of nitrogens with zero attached hydrogens (tertiary/aromatic N) is 2. The normalized spacial score (nSPS) is 10.1. The highest BCUT2D eigenvalue weighted by molar-refractivity contribution is 5.46. The fraction of sp³-hybridized carbons (Fsp3) is 0.364. The molecule has 1 rings (SSSR count). The molecule has 0 saturated heterocycles. The molecule has 3 nitrogen and oxygen atoms in total. The van der Waals surface area contributed by atoms with Gasteiger partial charge in [0.25, 0.3) is 0 Å². The summed E-state index contributed by atoms with van der Waals surface area (Å²) in [5.41, 5.74) is 0.849. The van der Waals surface area contributed by atoms with E-state index < -0.39 is 0 Å². The van der Waals surface area contributed by atoms with Crippen LogP contribution in [0.2, 0.25) is 0 Å². The van der Waals surface area contributed by atoms with Crippen LogP contribution < -0.4 is 10.2 Å².